The Morgan fingerprint density at radius 1 is 1.00 bits per heavy atom. The van der Waals surface area contributed by atoms with Crippen LogP contribution in [0.2, 0.25) is 0 Å². The van der Waals surface area contributed by atoms with Gasteiger partial charge in [0, 0.05) is 49.4 Å². The van der Waals surface area contributed by atoms with Gasteiger partial charge in [0.05, 0.1) is 5.52 Å². The van der Waals surface area contributed by atoms with Crippen molar-refractivity contribution in [1.29, 1.82) is 0 Å². The lowest BCUT2D eigenvalue weighted by Crippen LogP contribution is -2.29. The van der Waals surface area contributed by atoms with Gasteiger partial charge in [-0.05, 0) is 24.3 Å². The number of rotatable bonds is 2. The molecule has 4 rings (SSSR count). The summed E-state index contributed by atoms with van der Waals surface area (Å²) in [6.07, 6.45) is 3.95. The average Bonchev–Trinajstić information content (AvgIpc) is 2.86. The molecule has 0 radical (unpaired) electrons. The Bertz CT molecular complexity index is 881. The van der Waals surface area contributed by atoms with Crippen LogP contribution in [-0.2, 0) is 4.79 Å². The summed E-state index contributed by atoms with van der Waals surface area (Å²) in [6.45, 7) is 2.02. The van der Waals surface area contributed by atoms with Gasteiger partial charge in [-0.3, -0.25) is 9.78 Å². The maximum Gasteiger partial charge on any atom is 0.221 e. The summed E-state index contributed by atoms with van der Waals surface area (Å²) in [7, 11) is 0. The van der Waals surface area contributed by atoms with Crippen LogP contribution < -0.4 is 10.2 Å². The van der Waals surface area contributed by atoms with Gasteiger partial charge < -0.3 is 10.2 Å². The zero-order valence-electron chi connectivity index (χ0n) is 13.1. The first-order valence-corrected chi connectivity index (χ1v) is 8.00. The number of amides is 1. The fraction of sp³-hybridized carbons (Fsp3) is 0.222. The molecular formula is C18H17N5O. The van der Waals surface area contributed by atoms with Crippen molar-refractivity contribution in [2.24, 2.45) is 0 Å². The lowest BCUT2D eigenvalue weighted by molar-refractivity contribution is -0.120. The molecule has 2 aromatic heterocycles. The number of carbonyl (C=O) groups is 1. The van der Waals surface area contributed by atoms with Crippen molar-refractivity contribution in [2.45, 2.75) is 6.42 Å². The van der Waals surface area contributed by atoms with Crippen LogP contribution in [0.3, 0.4) is 0 Å². The number of hydrogen-bond acceptors (Lipinski definition) is 5. The highest BCUT2D eigenvalue weighted by atomic mass is 16.1. The Kier molecular flexibility index (Phi) is 3.78. The normalized spacial score (nSPS) is 15.2. The molecule has 0 unspecified atom stereocenters. The Hall–Kier alpha value is -3.02. The van der Waals surface area contributed by atoms with E-state index >= 15 is 0 Å². The third-order valence-electron chi connectivity index (χ3n) is 4.13. The molecule has 3 heterocycles. The Morgan fingerprint density at radius 2 is 1.83 bits per heavy atom. The molecule has 6 nitrogen and oxygen atoms in total. The largest absolute Gasteiger partial charge is 0.354 e. The Balaban J connectivity index is 1.85. The smallest absolute Gasteiger partial charge is 0.221 e. The predicted molar refractivity (Wildman–Crippen MR) is 92.6 cm³/mol. The first kappa shape index (κ1) is 14.6. The minimum atomic E-state index is 0.0882. The summed E-state index contributed by atoms with van der Waals surface area (Å²) in [6, 6.07) is 11.8. The van der Waals surface area contributed by atoms with Crippen molar-refractivity contribution in [3.63, 3.8) is 0 Å². The highest BCUT2D eigenvalue weighted by Crippen LogP contribution is 2.27. The van der Waals surface area contributed by atoms with Crippen molar-refractivity contribution in [3.05, 3.63) is 48.8 Å². The molecule has 1 saturated heterocycles. The van der Waals surface area contributed by atoms with Gasteiger partial charge in [0.1, 0.15) is 5.82 Å². The van der Waals surface area contributed by atoms with Gasteiger partial charge in [-0.2, -0.15) is 0 Å². The van der Waals surface area contributed by atoms with E-state index in [1.165, 1.54) is 0 Å². The topological polar surface area (TPSA) is 71.0 Å². The lowest BCUT2D eigenvalue weighted by Gasteiger charge is -2.22. The number of pyridine rings is 1. The molecule has 0 atom stereocenters. The van der Waals surface area contributed by atoms with E-state index in [-0.39, 0.29) is 5.91 Å². The Labute approximate surface area is 139 Å². The summed E-state index contributed by atoms with van der Waals surface area (Å²) in [4.78, 5) is 27.3. The summed E-state index contributed by atoms with van der Waals surface area (Å²) in [5.41, 5.74) is 1.83. The number of fused-ring (bicyclic) bond motifs is 1. The maximum atomic E-state index is 11.6. The molecule has 1 aliphatic rings. The van der Waals surface area contributed by atoms with E-state index in [4.69, 9.17) is 9.97 Å². The van der Waals surface area contributed by atoms with Gasteiger partial charge in [-0.1, -0.05) is 12.1 Å². The number of nitrogens with zero attached hydrogens (tertiary/aromatic N) is 4. The number of benzene rings is 1. The standard InChI is InChI=1S/C18H17N5O/c24-16-7-11-23(12-10-20-16)18-14-3-1-2-4-15(14)21-17(22-18)13-5-8-19-9-6-13/h1-6,8-9H,7,10-12H2,(H,20,24). The zero-order chi connectivity index (χ0) is 16.4. The van der Waals surface area contributed by atoms with Crippen molar-refractivity contribution >= 4 is 22.6 Å². The van der Waals surface area contributed by atoms with Gasteiger partial charge in [-0.25, -0.2) is 9.97 Å². The van der Waals surface area contributed by atoms with E-state index in [0.717, 1.165) is 28.8 Å². The second kappa shape index (κ2) is 6.23. The molecule has 1 aromatic carbocycles. The van der Waals surface area contributed by atoms with Crippen LogP contribution >= 0.6 is 0 Å². The molecule has 1 N–H and O–H groups in total. The number of hydrogen-bond donors (Lipinski definition) is 1. The minimum Gasteiger partial charge on any atom is -0.354 e. The molecular weight excluding hydrogens is 302 g/mol. The highest BCUT2D eigenvalue weighted by molar-refractivity contribution is 5.91. The molecule has 120 valence electrons. The summed E-state index contributed by atoms with van der Waals surface area (Å²) < 4.78 is 0. The molecule has 24 heavy (non-hydrogen) atoms. The number of para-hydroxylation sites is 1. The van der Waals surface area contributed by atoms with E-state index in [2.05, 4.69) is 15.2 Å². The van der Waals surface area contributed by atoms with Gasteiger partial charge in [0.15, 0.2) is 5.82 Å². The number of anilines is 1. The zero-order valence-corrected chi connectivity index (χ0v) is 13.1. The molecule has 0 saturated carbocycles. The summed E-state index contributed by atoms with van der Waals surface area (Å²) in [5, 5.41) is 3.91. The highest BCUT2D eigenvalue weighted by Gasteiger charge is 2.18. The molecule has 1 amide bonds. The van der Waals surface area contributed by atoms with Gasteiger partial charge in [0.25, 0.3) is 0 Å². The molecule has 0 spiro atoms. The van der Waals surface area contributed by atoms with E-state index in [1.54, 1.807) is 12.4 Å². The number of nitrogens with one attached hydrogen (secondary N) is 1. The molecule has 0 aliphatic carbocycles. The van der Waals surface area contributed by atoms with Crippen LogP contribution in [0, 0.1) is 0 Å². The third kappa shape index (κ3) is 2.78. The fourth-order valence-electron chi connectivity index (χ4n) is 2.91. The average molecular weight is 319 g/mol. The maximum absolute atomic E-state index is 11.6. The minimum absolute atomic E-state index is 0.0882. The van der Waals surface area contributed by atoms with Crippen LogP contribution in [0.25, 0.3) is 22.3 Å². The van der Waals surface area contributed by atoms with Crippen LogP contribution in [0.4, 0.5) is 5.82 Å². The third-order valence-corrected chi connectivity index (χ3v) is 4.13. The van der Waals surface area contributed by atoms with E-state index in [0.29, 0.717) is 25.3 Å². The second-order valence-corrected chi connectivity index (χ2v) is 5.71. The van der Waals surface area contributed by atoms with Crippen molar-refractivity contribution in [3.8, 4) is 11.4 Å². The monoisotopic (exact) mass is 319 g/mol. The quantitative estimate of drug-likeness (QED) is 0.782. The Morgan fingerprint density at radius 3 is 2.71 bits per heavy atom. The second-order valence-electron chi connectivity index (χ2n) is 5.71. The van der Waals surface area contributed by atoms with E-state index in [1.807, 2.05) is 36.4 Å². The van der Waals surface area contributed by atoms with Crippen LogP contribution in [-0.4, -0.2) is 40.5 Å². The van der Waals surface area contributed by atoms with E-state index in [9.17, 15) is 4.79 Å². The van der Waals surface area contributed by atoms with Crippen molar-refractivity contribution < 1.29 is 4.79 Å². The summed E-state index contributed by atoms with van der Waals surface area (Å²) >= 11 is 0. The number of aromatic nitrogens is 3. The van der Waals surface area contributed by atoms with Crippen molar-refractivity contribution in [1.82, 2.24) is 20.3 Å². The van der Waals surface area contributed by atoms with Crippen LogP contribution in [0.1, 0.15) is 6.42 Å². The van der Waals surface area contributed by atoms with Crippen LogP contribution in [0.5, 0.6) is 0 Å². The van der Waals surface area contributed by atoms with Crippen LogP contribution in [0.15, 0.2) is 48.8 Å². The predicted octanol–water partition coefficient (Wildman–Crippen LogP) is 2.02. The van der Waals surface area contributed by atoms with Gasteiger partial charge >= 0.3 is 0 Å². The molecule has 0 bridgehead atoms. The lowest BCUT2D eigenvalue weighted by atomic mass is 10.2. The van der Waals surface area contributed by atoms with Gasteiger partial charge in [0.2, 0.25) is 5.91 Å². The van der Waals surface area contributed by atoms with E-state index < -0.39 is 0 Å². The molecule has 6 heteroatoms. The molecule has 1 fully saturated rings. The fourth-order valence-corrected chi connectivity index (χ4v) is 2.91. The summed E-state index contributed by atoms with van der Waals surface area (Å²) in [5.74, 6) is 1.64. The first-order chi connectivity index (χ1) is 11.8. The molecule has 1 aliphatic heterocycles. The van der Waals surface area contributed by atoms with Crippen molar-refractivity contribution in [2.75, 3.05) is 24.5 Å². The molecule has 3 aromatic rings. The van der Waals surface area contributed by atoms with Gasteiger partial charge in [-0.15, -0.1) is 0 Å². The number of carbonyl (C=O) groups excluding carboxylic acids is 1. The first-order valence-electron chi connectivity index (χ1n) is 8.00. The SMILES string of the molecule is O=C1CCN(c2nc(-c3ccncc3)nc3ccccc23)CCN1.